The van der Waals surface area contributed by atoms with Crippen LogP contribution in [-0.4, -0.2) is 112 Å². The van der Waals surface area contributed by atoms with E-state index in [9.17, 15) is 43.5 Å². The van der Waals surface area contributed by atoms with Gasteiger partial charge < -0.3 is 43.0 Å². The maximum atomic E-state index is 11.6. The monoisotopic (exact) mass is 1000 g/mol. The first kappa shape index (κ1) is 90.8. The third-order valence-corrected chi connectivity index (χ3v) is 9.24. The lowest BCUT2D eigenvalue weighted by molar-refractivity contribution is -0.170. The normalized spacial score (nSPS) is 10.3. The molecule has 1 N–H and O–H groups in total. The molecule has 17 nitrogen and oxygen atoms in total. The van der Waals surface area contributed by atoms with Crippen LogP contribution in [0.2, 0.25) is 0 Å². The fourth-order valence-corrected chi connectivity index (χ4v) is 3.34. The van der Waals surface area contributed by atoms with Crippen molar-refractivity contribution in [3.8, 4) is 0 Å². The molecule has 0 bridgehead atoms. The van der Waals surface area contributed by atoms with Gasteiger partial charge in [-0.25, -0.2) is 4.79 Å². The fourth-order valence-electron chi connectivity index (χ4n) is 3.34. The molecule has 0 aliphatic heterocycles. The highest BCUT2D eigenvalue weighted by Crippen LogP contribution is 2.24. The Bertz CT molecular complexity index is 1300. The van der Waals surface area contributed by atoms with Crippen LogP contribution in [-0.2, 0) is 76.3 Å². The third kappa shape index (κ3) is 44.4. The average molecular weight is 1010 g/mol. The molecule has 0 spiro atoms. The number of aliphatic hydroxyl groups excluding tert-OH is 1. The van der Waals surface area contributed by atoms with Crippen LogP contribution < -0.4 is 0 Å². The average Bonchev–Trinajstić information content (AvgIpc) is 3.26. The second-order valence-corrected chi connectivity index (χ2v) is 16.1. The maximum Gasteiger partial charge on any atom is 0.333 e. The number of rotatable bonds is 24. The molecule has 69 heavy (non-hydrogen) atoms. The Labute approximate surface area is 422 Å². The molecule has 0 aliphatic carbocycles. The fraction of sp³-hybridized carbons (Fsp3) is 0.808. The molecule has 0 aliphatic rings. The van der Waals surface area contributed by atoms with Crippen molar-refractivity contribution < 1.29 is 81.4 Å². The summed E-state index contributed by atoms with van der Waals surface area (Å²) in [7, 11) is 1.42. The minimum Gasteiger partial charge on any atom is -0.469 e. The Morgan fingerprint density at radius 3 is 0.928 bits per heavy atom. The van der Waals surface area contributed by atoms with Crippen molar-refractivity contribution in [3.05, 3.63) is 12.2 Å². The number of methoxy groups -OCH3 is 1. The van der Waals surface area contributed by atoms with Gasteiger partial charge in [0.15, 0.2) is 0 Å². The standard InChI is InChI=1S/C17H28O8.C13H22O5.C8H16O2.C7H14O2.7CH4/c1-5-13(18)22-9-17(10-23-14(19)6-2,11-24-15(20)7-3)12-25-16(21)8-4;1-6-13(4,5)12(16)18-8-10(14)7-17-11(15)9(2)3;1-5-8(3,4)7(9)10-6-2;1-5-7(2,3)6(8)9-4;;;;;;;/h5-12H2,1-4H3;10,14H,2,6-8H2,1,3-5H3;5-6H2,1-4H3;5H2,1-4H3;7*1H4. The van der Waals surface area contributed by atoms with Gasteiger partial charge >= 0.3 is 47.8 Å². The molecule has 0 aromatic rings. The van der Waals surface area contributed by atoms with E-state index in [-0.39, 0.29) is 152 Å². The predicted octanol–water partition coefficient (Wildman–Crippen LogP) is 11.3. The van der Waals surface area contributed by atoms with Crippen molar-refractivity contribution in [3.63, 3.8) is 0 Å². The third-order valence-electron chi connectivity index (χ3n) is 9.24. The van der Waals surface area contributed by atoms with Crippen molar-refractivity contribution in [2.75, 3.05) is 53.4 Å². The number of aliphatic hydroxyl groups is 1. The molecular formula is C52H108O17. The van der Waals surface area contributed by atoms with Gasteiger partial charge in [0.05, 0.1) is 30.0 Å². The number of esters is 8. The SMILES string of the molecule is C.C.C.C.C.C.C.C=C(C)C(=O)OCC(O)COC(=O)C(C)(C)CC.CCC(=O)OCC(COC(=O)CC)(COC(=O)CC)COC(=O)CC.CCC(C)(C)C(=O)OC.CCOC(=O)C(C)(C)CC. The van der Waals surface area contributed by atoms with Gasteiger partial charge in [-0.2, -0.15) is 0 Å². The number of hydrogen-bond donors (Lipinski definition) is 1. The summed E-state index contributed by atoms with van der Waals surface area (Å²) in [6.45, 7) is 29.4. The Kier molecular flexibility index (Phi) is 63.8. The van der Waals surface area contributed by atoms with Gasteiger partial charge in [0.25, 0.3) is 0 Å². The topological polar surface area (TPSA) is 231 Å². The van der Waals surface area contributed by atoms with Crippen LogP contribution in [0.1, 0.15) is 201 Å². The Morgan fingerprint density at radius 1 is 0.449 bits per heavy atom. The largest absolute Gasteiger partial charge is 0.469 e. The van der Waals surface area contributed by atoms with Crippen LogP contribution in [0.4, 0.5) is 0 Å². The summed E-state index contributed by atoms with van der Waals surface area (Å²) in [5.74, 6) is -3.04. The van der Waals surface area contributed by atoms with Gasteiger partial charge in [-0.1, -0.05) is 107 Å². The Balaban J connectivity index is -0.0000000751. The van der Waals surface area contributed by atoms with E-state index in [4.69, 9.17) is 33.2 Å². The van der Waals surface area contributed by atoms with Crippen LogP contribution in [0.15, 0.2) is 12.2 Å². The van der Waals surface area contributed by atoms with E-state index in [1.807, 2.05) is 55.4 Å². The van der Waals surface area contributed by atoms with Gasteiger partial charge in [0, 0.05) is 31.3 Å². The van der Waals surface area contributed by atoms with E-state index in [2.05, 4.69) is 11.3 Å². The number of carbonyl (C=O) groups is 8. The van der Waals surface area contributed by atoms with E-state index in [1.54, 1.807) is 41.5 Å². The van der Waals surface area contributed by atoms with Crippen LogP contribution in [0.3, 0.4) is 0 Å². The highest BCUT2D eigenvalue weighted by Gasteiger charge is 2.37. The molecule has 0 radical (unpaired) electrons. The number of carbonyl (C=O) groups excluding carboxylic acids is 8. The van der Waals surface area contributed by atoms with Gasteiger partial charge in [-0.3, -0.25) is 33.6 Å². The molecule has 17 heteroatoms. The zero-order valence-corrected chi connectivity index (χ0v) is 40.7. The maximum absolute atomic E-state index is 11.6. The summed E-state index contributed by atoms with van der Waals surface area (Å²) in [5.41, 5.74) is -2.09. The molecule has 0 saturated heterocycles. The first-order valence-electron chi connectivity index (χ1n) is 21.2. The summed E-state index contributed by atoms with van der Waals surface area (Å²) >= 11 is 0. The Morgan fingerprint density at radius 2 is 0.710 bits per heavy atom. The number of ether oxygens (including phenoxy) is 8. The summed E-state index contributed by atoms with van der Waals surface area (Å²) in [4.78, 5) is 90.5. The molecule has 0 aromatic carbocycles. The lowest BCUT2D eigenvalue weighted by Crippen LogP contribution is -2.43. The first-order valence-corrected chi connectivity index (χ1v) is 21.2. The van der Waals surface area contributed by atoms with Crippen molar-refractivity contribution in [2.45, 2.75) is 207 Å². The first-order chi connectivity index (χ1) is 28.6. The lowest BCUT2D eigenvalue weighted by Gasteiger charge is -2.31. The molecule has 0 saturated carbocycles. The summed E-state index contributed by atoms with van der Waals surface area (Å²) in [6.07, 6.45) is 1.91. The lowest BCUT2D eigenvalue weighted by atomic mass is 9.91. The van der Waals surface area contributed by atoms with Gasteiger partial charge in [-0.05, 0) is 74.7 Å². The van der Waals surface area contributed by atoms with Crippen molar-refractivity contribution in [1.29, 1.82) is 0 Å². The quantitative estimate of drug-likeness (QED) is 0.0538. The summed E-state index contributed by atoms with van der Waals surface area (Å²) < 4.78 is 39.7. The smallest absolute Gasteiger partial charge is 0.333 e. The second kappa shape index (κ2) is 48.5. The van der Waals surface area contributed by atoms with Crippen molar-refractivity contribution in [2.24, 2.45) is 21.7 Å². The van der Waals surface area contributed by atoms with E-state index in [0.717, 1.165) is 12.8 Å². The zero-order valence-electron chi connectivity index (χ0n) is 40.7. The van der Waals surface area contributed by atoms with Gasteiger partial charge in [0.2, 0.25) is 0 Å². The van der Waals surface area contributed by atoms with E-state index in [1.165, 1.54) is 14.0 Å². The van der Waals surface area contributed by atoms with Gasteiger partial charge in [0.1, 0.15) is 51.2 Å². The minimum absolute atomic E-state index is 0. The molecule has 1 unspecified atom stereocenters. The minimum atomic E-state index is -1.15. The van der Waals surface area contributed by atoms with Crippen molar-refractivity contribution in [1.82, 2.24) is 0 Å². The number of hydrogen-bond acceptors (Lipinski definition) is 17. The molecule has 0 aromatic heterocycles. The van der Waals surface area contributed by atoms with E-state index < -0.39 is 46.8 Å². The molecule has 0 amide bonds. The Hall–Kier alpha value is -4.54. The van der Waals surface area contributed by atoms with Gasteiger partial charge in [-0.15, -0.1) is 0 Å². The molecule has 0 fully saturated rings. The summed E-state index contributed by atoms with van der Waals surface area (Å²) in [6, 6.07) is 0. The van der Waals surface area contributed by atoms with Crippen LogP contribution in [0.25, 0.3) is 0 Å². The molecule has 0 rings (SSSR count). The zero-order chi connectivity index (χ0) is 49.3. The molecular weight excluding hydrogens is 897 g/mol. The van der Waals surface area contributed by atoms with E-state index in [0.29, 0.717) is 13.0 Å². The van der Waals surface area contributed by atoms with Crippen LogP contribution in [0.5, 0.6) is 0 Å². The van der Waals surface area contributed by atoms with E-state index >= 15 is 0 Å². The summed E-state index contributed by atoms with van der Waals surface area (Å²) in [5, 5.41) is 9.48. The van der Waals surface area contributed by atoms with Crippen LogP contribution in [0, 0.1) is 21.7 Å². The predicted molar refractivity (Wildman–Crippen MR) is 278 cm³/mol. The molecule has 418 valence electrons. The van der Waals surface area contributed by atoms with Crippen molar-refractivity contribution >= 4 is 47.8 Å². The second-order valence-electron chi connectivity index (χ2n) is 16.1. The van der Waals surface area contributed by atoms with Crippen LogP contribution >= 0.6 is 0 Å². The molecule has 1 atom stereocenters. The molecule has 0 heterocycles. The highest BCUT2D eigenvalue weighted by molar-refractivity contribution is 5.87. The highest BCUT2D eigenvalue weighted by atomic mass is 16.6.